The monoisotopic (exact) mass is 282 g/mol. The number of hydrogen-bond acceptors (Lipinski definition) is 3. The van der Waals surface area contributed by atoms with Crippen LogP contribution in [0.1, 0.15) is 33.1 Å². The van der Waals surface area contributed by atoms with Gasteiger partial charge in [0.15, 0.2) is 0 Å². The molecule has 2 heterocycles. The number of aromatic carboxylic acids is 1. The zero-order valence-electron chi connectivity index (χ0n) is 11.2. The molecule has 0 aromatic carbocycles. The molecule has 2 aromatic rings. The first-order chi connectivity index (χ1) is 8.82. The van der Waals surface area contributed by atoms with Gasteiger partial charge in [-0.15, -0.1) is 0 Å². The number of halogens is 1. The Morgan fingerprint density at radius 1 is 1.26 bits per heavy atom. The summed E-state index contributed by atoms with van der Waals surface area (Å²) in [4.78, 5) is 11.1. The maximum Gasteiger partial charge on any atom is 0.339 e. The summed E-state index contributed by atoms with van der Waals surface area (Å²) >= 11 is 6.18. The number of hydrogen-bond donors (Lipinski definition) is 1. The van der Waals surface area contributed by atoms with Crippen molar-refractivity contribution in [1.82, 2.24) is 19.6 Å². The molecule has 19 heavy (non-hydrogen) atoms. The Hall–Kier alpha value is -1.82. The first-order valence-electron chi connectivity index (χ1n) is 5.78. The highest BCUT2D eigenvalue weighted by molar-refractivity contribution is 6.31. The average molecular weight is 283 g/mol. The third kappa shape index (κ3) is 2.23. The summed E-state index contributed by atoms with van der Waals surface area (Å²) in [5.74, 6) is -0.964. The number of aromatic nitrogens is 4. The first-order valence-corrected chi connectivity index (χ1v) is 6.16. The third-order valence-corrected chi connectivity index (χ3v) is 3.65. The third-order valence-electron chi connectivity index (χ3n) is 3.16. The molecule has 6 nitrogen and oxygen atoms in total. The van der Waals surface area contributed by atoms with Gasteiger partial charge < -0.3 is 5.11 Å². The SMILES string of the molecule is Cc1nn(C)c(Cn2nc(C)c(C(=O)O)c2C)c1Cl. The van der Waals surface area contributed by atoms with Crippen molar-refractivity contribution < 1.29 is 9.90 Å². The normalized spacial score (nSPS) is 11.0. The van der Waals surface area contributed by atoms with E-state index in [2.05, 4.69) is 10.2 Å². The molecular formula is C12H15ClN4O2. The number of rotatable bonds is 3. The molecule has 2 aromatic heterocycles. The summed E-state index contributed by atoms with van der Waals surface area (Å²) < 4.78 is 3.33. The van der Waals surface area contributed by atoms with Crippen LogP contribution < -0.4 is 0 Å². The molecule has 0 fully saturated rings. The molecule has 0 aliphatic rings. The van der Waals surface area contributed by atoms with Crippen LogP contribution >= 0.6 is 11.6 Å². The molecule has 0 aliphatic carbocycles. The second-order valence-electron chi connectivity index (χ2n) is 4.48. The van der Waals surface area contributed by atoms with E-state index >= 15 is 0 Å². The van der Waals surface area contributed by atoms with Gasteiger partial charge in [0.2, 0.25) is 0 Å². The van der Waals surface area contributed by atoms with E-state index in [9.17, 15) is 4.79 Å². The fraction of sp³-hybridized carbons (Fsp3) is 0.417. The predicted molar refractivity (Wildman–Crippen MR) is 70.7 cm³/mol. The second-order valence-corrected chi connectivity index (χ2v) is 4.86. The van der Waals surface area contributed by atoms with Crippen LogP contribution in [-0.2, 0) is 13.6 Å². The predicted octanol–water partition coefficient (Wildman–Crippen LogP) is 1.94. The van der Waals surface area contributed by atoms with Crippen LogP contribution in [0, 0.1) is 20.8 Å². The van der Waals surface area contributed by atoms with Gasteiger partial charge in [-0.2, -0.15) is 10.2 Å². The van der Waals surface area contributed by atoms with Crippen molar-refractivity contribution in [3.05, 3.63) is 33.4 Å². The molecule has 102 valence electrons. The van der Waals surface area contributed by atoms with Crippen molar-refractivity contribution in [3.63, 3.8) is 0 Å². The molecule has 0 amide bonds. The van der Waals surface area contributed by atoms with Crippen LogP contribution in [0.2, 0.25) is 5.02 Å². The molecule has 0 aliphatic heterocycles. The van der Waals surface area contributed by atoms with Crippen LogP contribution in [0.15, 0.2) is 0 Å². The zero-order valence-corrected chi connectivity index (χ0v) is 12.0. The van der Waals surface area contributed by atoms with Gasteiger partial charge in [-0.1, -0.05) is 11.6 Å². The van der Waals surface area contributed by atoms with Gasteiger partial charge in [-0.05, 0) is 20.8 Å². The fourth-order valence-corrected chi connectivity index (χ4v) is 2.37. The Balaban J connectivity index is 2.45. The van der Waals surface area contributed by atoms with Crippen LogP contribution in [0.4, 0.5) is 0 Å². The number of carbonyl (C=O) groups is 1. The average Bonchev–Trinajstić information content (AvgIpc) is 2.71. The van der Waals surface area contributed by atoms with Crippen molar-refractivity contribution in [1.29, 1.82) is 0 Å². The largest absolute Gasteiger partial charge is 0.478 e. The highest BCUT2D eigenvalue weighted by atomic mass is 35.5. The maximum absolute atomic E-state index is 11.1. The Bertz CT molecular complexity index is 657. The Morgan fingerprint density at radius 2 is 1.89 bits per heavy atom. The van der Waals surface area contributed by atoms with E-state index in [-0.39, 0.29) is 5.56 Å². The van der Waals surface area contributed by atoms with E-state index in [1.165, 1.54) is 0 Å². The highest BCUT2D eigenvalue weighted by Gasteiger charge is 2.19. The summed E-state index contributed by atoms with van der Waals surface area (Å²) in [6.45, 7) is 5.65. The number of carboxylic acid groups (broad SMARTS) is 1. The lowest BCUT2D eigenvalue weighted by Gasteiger charge is -2.06. The zero-order chi connectivity index (χ0) is 14.3. The van der Waals surface area contributed by atoms with E-state index in [0.29, 0.717) is 23.0 Å². The minimum atomic E-state index is -0.964. The summed E-state index contributed by atoms with van der Waals surface area (Å²) in [5.41, 5.74) is 2.91. The molecule has 2 rings (SSSR count). The number of carboxylic acids is 1. The van der Waals surface area contributed by atoms with Crippen molar-refractivity contribution in [2.45, 2.75) is 27.3 Å². The lowest BCUT2D eigenvalue weighted by atomic mass is 10.2. The molecule has 0 radical (unpaired) electrons. The number of nitrogens with zero attached hydrogens (tertiary/aromatic N) is 4. The van der Waals surface area contributed by atoms with Crippen molar-refractivity contribution in [3.8, 4) is 0 Å². The van der Waals surface area contributed by atoms with Gasteiger partial charge in [0.1, 0.15) is 5.56 Å². The summed E-state index contributed by atoms with van der Waals surface area (Å²) in [5, 5.41) is 18.2. The van der Waals surface area contributed by atoms with E-state index in [4.69, 9.17) is 16.7 Å². The summed E-state index contributed by atoms with van der Waals surface area (Å²) in [6.07, 6.45) is 0. The number of aryl methyl sites for hydroxylation is 3. The second kappa shape index (κ2) is 4.70. The molecule has 7 heteroatoms. The first kappa shape index (κ1) is 13.6. The quantitative estimate of drug-likeness (QED) is 0.934. The lowest BCUT2D eigenvalue weighted by molar-refractivity contribution is 0.0695. The Morgan fingerprint density at radius 3 is 2.32 bits per heavy atom. The van der Waals surface area contributed by atoms with E-state index in [1.807, 2.05) is 6.92 Å². The summed E-state index contributed by atoms with van der Waals surface area (Å²) in [6, 6.07) is 0. The Labute approximate surface area is 115 Å². The molecule has 0 bridgehead atoms. The van der Waals surface area contributed by atoms with Gasteiger partial charge >= 0.3 is 5.97 Å². The molecule has 0 spiro atoms. The molecule has 0 atom stereocenters. The van der Waals surface area contributed by atoms with Crippen molar-refractivity contribution in [2.75, 3.05) is 0 Å². The van der Waals surface area contributed by atoms with E-state index in [0.717, 1.165) is 11.4 Å². The Kier molecular flexibility index (Phi) is 3.36. The molecule has 0 saturated heterocycles. The molecule has 1 N–H and O–H groups in total. The topological polar surface area (TPSA) is 72.9 Å². The minimum absolute atomic E-state index is 0.245. The molecular weight excluding hydrogens is 268 g/mol. The van der Waals surface area contributed by atoms with E-state index < -0.39 is 5.97 Å². The smallest absolute Gasteiger partial charge is 0.339 e. The highest BCUT2D eigenvalue weighted by Crippen LogP contribution is 2.22. The minimum Gasteiger partial charge on any atom is -0.478 e. The standard InChI is InChI=1S/C12H15ClN4O2/c1-6-10(12(18)19)8(3)17(15-6)5-9-11(13)7(2)14-16(9)4/h5H2,1-4H3,(H,18,19). The van der Waals surface area contributed by atoms with Crippen molar-refractivity contribution >= 4 is 17.6 Å². The van der Waals surface area contributed by atoms with Crippen LogP contribution in [0.25, 0.3) is 0 Å². The van der Waals surface area contributed by atoms with E-state index in [1.54, 1.807) is 30.3 Å². The van der Waals surface area contributed by atoms with Gasteiger partial charge in [0.05, 0.1) is 34.3 Å². The van der Waals surface area contributed by atoms with Crippen LogP contribution in [-0.4, -0.2) is 30.6 Å². The van der Waals surface area contributed by atoms with Crippen LogP contribution in [0.3, 0.4) is 0 Å². The molecule has 0 saturated carbocycles. The van der Waals surface area contributed by atoms with Gasteiger partial charge in [0.25, 0.3) is 0 Å². The van der Waals surface area contributed by atoms with Gasteiger partial charge in [-0.3, -0.25) is 9.36 Å². The summed E-state index contributed by atoms with van der Waals surface area (Å²) in [7, 11) is 1.80. The maximum atomic E-state index is 11.1. The fourth-order valence-electron chi connectivity index (χ4n) is 2.15. The van der Waals surface area contributed by atoms with Gasteiger partial charge in [-0.25, -0.2) is 4.79 Å². The van der Waals surface area contributed by atoms with Crippen molar-refractivity contribution in [2.24, 2.45) is 7.05 Å². The van der Waals surface area contributed by atoms with Crippen LogP contribution in [0.5, 0.6) is 0 Å². The lowest BCUT2D eigenvalue weighted by Crippen LogP contribution is -2.09. The van der Waals surface area contributed by atoms with Gasteiger partial charge in [0, 0.05) is 7.05 Å². The molecule has 0 unspecified atom stereocenters.